The van der Waals surface area contributed by atoms with Crippen LogP contribution >= 0.6 is 0 Å². The van der Waals surface area contributed by atoms with Crippen molar-refractivity contribution in [3.05, 3.63) is 65.7 Å². The second-order valence-electron chi connectivity index (χ2n) is 3.99. The number of allylic oxidation sites excluding steroid dienone is 1. The van der Waals surface area contributed by atoms with Crippen molar-refractivity contribution >= 4 is 11.9 Å². The number of carbonyl (C=O) groups is 1. The van der Waals surface area contributed by atoms with Crippen molar-refractivity contribution < 1.29 is 14.6 Å². The maximum Gasteiger partial charge on any atom is 0.185 e. The van der Waals surface area contributed by atoms with Gasteiger partial charge in [0.2, 0.25) is 0 Å². The monoisotopic (exact) mass is 254 g/mol. The van der Waals surface area contributed by atoms with E-state index in [-0.39, 0.29) is 11.5 Å². The SMILES string of the molecule is COc1cccc(C(=O)/C=C/c2ccccc2O)c1. The van der Waals surface area contributed by atoms with Gasteiger partial charge >= 0.3 is 0 Å². The van der Waals surface area contributed by atoms with Gasteiger partial charge in [0, 0.05) is 11.1 Å². The highest BCUT2D eigenvalue weighted by Crippen LogP contribution is 2.18. The Bertz CT molecular complexity index is 615. The Labute approximate surface area is 111 Å². The Morgan fingerprint density at radius 1 is 1.16 bits per heavy atom. The lowest BCUT2D eigenvalue weighted by Gasteiger charge is -2.01. The van der Waals surface area contributed by atoms with Crippen LogP contribution in [0.15, 0.2) is 54.6 Å². The van der Waals surface area contributed by atoms with Crippen LogP contribution in [0.5, 0.6) is 11.5 Å². The average molecular weight is 254 g/mol. The number of phenolic OH excluding ortho intramolecular Hbond substituents is 1. The number of hydrogen-bond donors (Lipinski definition) is 1. The fraction of sp³-hybridized carbons (Fsp3) is 0.0625. The maximum atomic E-state index is 12.0. The second-order valence-corrected chi connectivity index (χ2v) is 3.99. The van der Waals surface area contributed by atoms with Crippen LogP contribution in [0.3, 0.4) is 0 Å². The smallest absolute Gasteiger partial charge is 0.185 e. The van der Waals surface area contributed by atoms with Crippen molar-refractivity contribution in [2.24, 2.45) is 0 Å². The van der Waals surface area contributed by atoms with E-state index in [0.29, 0.717) is 16.9 Å². The number of ketones is 1. The Morgan fingerprint density at radius 2 is 1.95 bits per heavy atom. The molecule has 0 radical (unpaired) electrons. The molecule has 0 aliphatic heterocycles. The summed E-state index contributed by atoms with van der Waals surface area (Å²) < 4.78 is 5.07. The van der Waals surface area contributed by atoms with Gasteiger partial charge in [0.15, 0.2) is 5.78 Å². The standard InChI is InChI=1S/C16H14O3/c1-19-14-7-4-6-13(11-14)16(18)10-9-12-5-2-3-8-15(12)17/h2-11,17H,1H3/b10-9+. The molecule has 2 aromatic rings. The first kappa shape index (κ1) is 12.9. The van der Waals surface area contributed by atoms with Gasteiger partial charge in [-0.2, -0.15) is 0 Å². The fourth-order valence-electron chi connectivity index (χ4n) is 1.67. The molecule has 0 aromatic heterocycles. The highest BCUT2D eigenvalue weighted by molar-refractivity contribution is 6.07. The van der Waals surface area contributed by atoms with E-state index in [1.807, 2.05) is 0 Å². The third-order valence-corrected chi connectivity index (χ3v) is 2.71. The summed E-state index contributed by atoms with van der Waals surface area (Å²) in [5.74, 6) is 0.654. The second kappa shape index (κ2) is 5.87. The van der Waals surface area contributed by atoms with Gasteiger partial charge in [-0.1, -0.05) is 30.3 Å². The zero-order valence-electron chi connectivity index (χ0n) is 10.5. The van der Waals surface area contributed by atoms with Crippen LogP contribution in [0.25, 0.3) is 6.08 Å². The molecule has 0 aliphatic rings. The molecule has 0 bridgehead atoms. The highest BCUT2D eigenvalue weighted by Gasteiger charge is 2.03. The molecule has 19 heavy (non-hydrogen) atoms. The third kappa shape index (κ3) is 3.22. The largest absolute Gasteiger partial charge is 0.507 e. The summed E-state index contributed by atoms with van der Waals surface area (Å²) in [4.78, 5) is 12.0. The Balaban J connectivity index is 2.19. The molecule has 0 unspecified atom stereocenters. The summed E-state index contributed by atoms with van der Waals surface area (Å²) in [5.41, 5.74) is 1.16. The summed E-state index contributed by atoms with van der Waals surface area (Å²) in [6.07, 6.45) is 3.03. The number of para-hydroxylation sites is 1. The number of phenols is 1. The molecule has 3 nitrogen and oxygen atoms in total. The first-order valence-electron chi connectivity index (χ1n) is 5.85. The summed E-state index contributed by atoms with van der Waals surface area (Å²) in [5, 5.41) is 9.59. The molecule has 0 aliphatic carbocycles. The number of carbonyl (C=O) groups excluding carboxylic acids is 1. The first-order chi connectivity index (χ1) is 9.20. The molecule has 2 rings (SSSR count). The third-order valence-electron chi connectivity index (χ3n) is 2.71. The summed E-state index contributed by atoms with van der Waals surface area (Å²) in [7, 11) is 1.56. The molecule has 2 aromatic carbocycles. The number of hydrogen-bond acceptors (Lipinski definition) is 3. The van der Waals surface area contributed by atoms with Gasteiger partial charge in [-0.3, -0.25) is 4.79 Å². The average Bonchev–Trinajstić information content (AvgIpc) is 2.46. The molecule has 0 saturated carbocycles. The minimum absolute atomic E-state index is 0.137. The van der Waals surface area contributed by atoms with Crippen molar-refractivity contribution in [1.82, 2.24) is 0 Å². The van der Waals surface area contributed by atoms with E-state index in [4.69, 9.17) is 4.74 Å². The van der Waals surface area contributed by atoms with Gasteiger partial charge in [-0.25, -0.2) is 0 Å². The predicted molar refractivity (Wildman–Crippen MR) is 74.5 cm³/mol. The minimum atomic E-state index is -0.137. The van der Waals surface area contributed by atoms with Crippen LogP contribution in [0.4, 0.5) is 0 Å². The molecule has 1 N–H and O–H groups in total. The quantitative estimate of drug-likeness (QED) is 0.672. The number of rotatable bonds is 4. The van der Waals surface area contributed by atoms with Crippen LogP contribution in [0.2, 0.25) is 0 Å². The molecule has 96 valence electrons. The van der Waals surface area contributed by atoms with E-state index in [1.54, 1.807) is 61.7 Å². The molecule has 0 spiro atoms. The van der Waals surface area contributed by atoms with Gasteiger partial charge in [0.1, 0.15) is 11.5 Å². The van der Waals surface area contributed by atoms with E-state index in [9.17, 15) is 9.90 Å². The summed E-state index contributed by atoms with van der Waals surface area (Å²) >= 11 is 0. The van der Waals surface area contributed by atoms with Crippen LogP contribution in [0, 0.1) is 0 Å². The lowest BCUT2D eigenvalue weighted by molar-refractivity contribution is 0.104. The van der Waals surface area contributed by atoms with Gasteiger partial charge in [-0.05, 0) is 30.4 Å². The molecule has 0 heterocycles. The number of benzene rings is 2. The van der Waals surface area contributed by atoms with E-state index < -0.39 is 0 Å². The molecule has 0 amide bonds. The molecular formula is C16H14O3. The Kier molecular flexibility index (Phi) is 3.98. The minimum Gasteiger partial charge on any atom is -0.507 e. The first-order valence-corrected chi connectivity index (χ1v) is 5.85. The highest BCUT2D eigenvalue weighted by atomic mass is 16.5. The van der Waals surface area contributed by atoms with Crippen molar-refractivity contribution in [3.8, 4) is 11.5 Å². The lowest BCUT2D eigenvalue weighted by Crippen LogP contribution is -1.94. The number of methoxy groups -OCH3 is 1. The number of ether oxygens (including phenoxy) is 1. The maximum absolute atomic E-state index is 12.0. The zero-order valence-corrected chi connectivity index (χ0v) is 10.5. The van der Waals surface area contributed by atoms with Gasteiger partial charge < -0.3 is 9.84 Å². The normalized spacial score (nSPS) is 10.6. The van der Waals surface area contributed by atoms with Crippen molar-refractivity contribution in [2.75, 3.05) is 7.11 Å². The van der Waals surface area contributed by atoms with Crippen LogP contribution < -0.4 is 4.74 Å². The van der Waals surface area contributed by atoms with Crippen molar-refractivity contribution in [2.45, 2.75) is 0 Å². The number of aromatic hydroxyl groups is 1. The molecule has 0 fully saturated rings. The molecule has 3 heteroatoms. The van der Waals surface area contributed by atoms with E-state index in [1.165, 1.54) is 6.08 Å². The molecular weight excluding hydrogens is 240 g/mol. The van der Waals surface area contributed by atoms with Gasteiger partial charge in [-0.15, -0.1) is 0 Å². The van der Waals surface area contributed by atoms with Gasteiger partial charge in [0.05, 0.1) is 7.11 Å². The lowest BCUT2D eigenvalue weighted by atomic mass is 10.1. The van der Waals surface area contributed by atoms with Gasteiger partial charge in [0.25, 0.3) is 0 Å². The van der Waals surface area contributed by atoms with E-state index in [2.05, 4.69) is 0 Å². The zero-order chi connectivity index (χ0) is 13.7. The van der Waals surface area contributed by atoms with Crippen molar-refractivity contribution in [3.63, 3.8) is 0 Å². The fourth-order valence-corrected chi connectivity index (χ4v) is 1.67. The Hall–Kier alpha value is -2.55. The van der Waals surface area contributed by atoms with E-state index in [0.717, 1.165) is 0 Å². The van der Waals surface area contributed by atoms with E-state index >= 15 is 0 Å². The topological polar surface area (TPSA) is 46.5 Å². The Morgan fingerprint density at radius 3 is 2.68 bits per heavy atom. The molecule has 0 atom stereocenters. The summed E-state index contributed by atoms with van der Waals surface area (Å²) in [6, 6.07) is 13.8. The van der Waals surface area contributed by atoms with Crippen LogP contribution in [-0.2, 0) is 0 Å². The van der Waals surface area contributed by atoms with Crippen molar-refractivity contribution in [1.29, 1.82) is 0 Å². The van der Waals surface area contributed by atoms with Crippen LogP contribution in [-0.4, -0.2) is 18.0 Å². The summed E-state index contributed by atoms with van der Waals surface area (Å²) in [6.45, 7) is 0. The van der Waals surface area contributed by atoms with Crippen LogP contribution in [0.1, 0.15) is 15.9 Å². The predicted octanol–water partition coefficient (Wildman–Crippen LogP) is 3.30. The molecule has 0 saturated heterocycles.